The lowest BCUT2D eigenvalue weighted by atomic mass is 9.91. The van der Waals surface area contributed by atoms with E-state index in [1.807, 2.05) is 0 Å². The Hall–Kier alpha value is -0.620. The lowest BCUT2D eigenvalue weighted by molar-refractivity contribution is -0.145. The highest BCUT2D eigenvalue weighted by molar-refractivity contribution is 7.91. The summed E-state index contributed by atoms with van der Waals surface area (Å²) in [5, 5.41) is 12.6. The molecule has 0 amide bonds. The number of sulfone groups is 1. The molecule has 2 aliphatic rings. The average Bonchev–Trinajstić information content (AvgIpc) is 2.74. The molecule has 0 bridgehead atoms. The van der Waals surface area contributed by atoms with Gasteiger partial charge in [-0.05, 0) is 25.7 Å². The van der Waals surface area contributed by atoms with Crippen LogP contribution in [0.15, 0.2) is 0 Å². The predicted octanol–water partition coefficient (Wildman–Crippen LogP) is 0.551. The lowest BCUT2D eigenvalue weighted by Crippen LogP contribution is -2.59. The van der Waals surface area contributed by atoms with Crippen LogP contribution in [0.25, 0.3) is 0 Å². The van der Waals surface area contributed by atoms with Crippen LogP contribution < -0.4 is 5.32 Å². The normalized spacial score (nSPS) is 28.0. The number of aliphatic carboxylic acids is 1. The third-order valence-electron chi connectivity index (χ3n) is 3.92. The Bertz CT molecular complexity index is 384. The highest BCUT2D eigenvalue weighted by Crippen LogP contribution is 2.28. The van der Waals surface area contributed by atoms with Crippen LogP contribution in [0.1, 0.15) is 38.5 Å². The van der Waals surface area contributed by atoms with Crippen molar-refractivity contribution in [2.75, 3.05) is 11.5 Å². The molecule has 1 saturated heterocycles. The first kappa shape index (κ1) is 12.8. The first-order chi connectivity index (χ1) is 7.94. The molecule has 0 radical (unpaired) electrons. The minimum absolute atomic E-state index is 0.0149. The number of rotatable bonds is 3. The summed E-state index contributed by atoms with van der Waals surface area (Å²) in [5.41, 5.74) is -1.01. The summed E-state index contributed by atoms with van der Waals surface area (Å²) in [4.78, 5) is 11.4. The van der Waals surface area contributed by atoms with E-state index in [1.54, 1.807) is 0 Å². The molecule has 17 heavy (non-hydrogen) atoms. The molecular weight excluding hydrogens is 242 g/mol. The second kappa shape index (κ2) is 4.57. The third-order valence-corrected chi connectivity index (χ3v) is 5.58. The molecule has 1 aliphatic carbocycles. The lowest BCUT2D eigenvalue weighted by Gasteiger charge is -2.36. The van der Waals surface area contributed by atoms with Crippen molar-refractivity contribution in [1.82, 2.24) is 5.32 Å². The molecular formula is C11H19NO4S. The standard InChI is InChI=1S/C11H19NO4S/c13-10(14)11(12-9-3-1-2-4-9)5-7-17(15,16)8-6-11/h9,12H,1-8H2,(H,13,14). The van der Waals surface area contributed by atoms with Gasteiger partial charge in [0.15, 0.2) is 0 Å². The number of nitrogens with one attached hydrogen (secondary N) is 1. The molecule has 0 aromatic heterocycles. The van der Waals surface area contributed by atoms with Crippen molar-refractivity contribution in [1.29, 1.82) is 0 Å². The molecule has 0 unspecified atom stereocenters. The minimum Gasteiger partial charge on any atom is -0.480 e. The van der Waals surface area contributed by atoms with Gasteiger partial charge in [-0.25, -0.2) is 8.42 Å². The molecule has 0 atom stereocenters. The second-order valence-corrected chi connectivity index (χ2v) is 7.47. The van der Waals surface area contributed by atoms with Crippen molar-refractivity contribution in [2.24, 2.45) is 0 Å². The zero-order valence-corrected chi connectivity index (χ0v) is 10.6. The van der Waals surface area contributed by atoms with E-state index in [0.717, 1.165) is 25.7 Å². The zero-order valence-electron chi connectivity index (χ0n) is 9.81. The van der Waals surface area contributed by atoms with Crippen LogP contribution in [0, 0.1) is 0 Å². The van der Waals surface area contributed by atoms with Crippen molar-refractivity contribution >= 4 is 15.8 Å². The van der Waals surface area contributed by atoms with Crippen LogP contribution in [0.2, 0.25) is 0 Å². The molecule has 0 aromatic rings. The first-order valence-corrected chi connectivity index (χ1v) is 7.97. The van der Waals surface area contributed by atoms with Gasteiger partial charge in [0.05, 0.1) is 11.5 Å². The highest BCUT2D eigenvalue weighted by atomic mass is 32.2. The summed E-state index contributed by atoms with van der Waals surface area (Å²) in [6, 6.07) is 0.243. The zero-order chi connectivity index (χ0) is 12.5. The molecule has 1 aliphatic heterocycles. The predicted molar refractivity (Wildman–Crippen MR) is 63.6 cm³/mol. The average molecular weight is 261 g/mol. The molecule has 1 heterocycles. The van der Waals surface area contributed by atoms with Gasteiger partial charge in [-0.2, -0.15) is 0 Å². The van der Waals surface area contributed by atoms with Gasteiger partial charge in [-0.3, -0.25) is 10.1 Å². The largest absolute Gasteiger partial charge is 0.480 e. The fraction of sp³-hybridized carbons (Fsp3) is 0.909. The smallest absolute Gasteiger partial charge is 0.323 e. The first-order valence-electron chi connectivity index (χ1n) is 6.15. The third kappa shape index (κ3) is 2.80. The summed E-state index contributed by atoms with van der Waals surface area (Å²) in [5.74, 6) is -0.933. The van der Waals surface area contributed by atoms with E-state index in [9.17, 15) is 18.3 Å². The van der Waals surface area contributed by atoms with E-state index < -0.39 is 21.3 Å². The Kier molecular flexibility index (Phi) is 3.45. The van der Waals surface area contributed by atoms with E-state index in [4.69, 9.17) is 0 Å². The summed E-state index contributed by atoms with van der Waals surface area (Å²) in [6.07, 6.45) is 4.66. The van der Waals surface area contributed by atoms with E-state index in [2.05, 4.69) is 5.32 Å². The summed E-state index contributed by atoms with van der Waals surface area (Å²) >= 11 is 0. The molecule has 0 aromatic carbocycles. The van der Waals surface area contributed by atoms with Gasteiger partial charge < -0.3 is 5.11 Å². The number of carbonyl (C=O) groups is 1. The molecule has 0 spiro atoms. The Balaban J connectivity index is 2.08. The number of carboxylic acid groups (broad SMARTS) is 1. The molecule has 5 nitrogen and oxygen atoms in total. The van der Waals surface area contributed by atoms with Crippen LogP contribution in [0.5, 0.6) is 0 Å². The van der Waals surface area contributed by atoms with Gasteiger partial charge >= 0.3 is 5.97 Å². The van der Waals surface area contributed by atoms with Crippen LogP contribution in [-0.4, -0.2) is 42.6 Å². The quantitative estimate of drug-likeness (QED) is 0.775. The molecule has 2 rings (SSSR count). The summed E-state index contributed by atoms with van der Waals surface area (Å²) in [7, 11) is -3.02. The Labute approximate surface area is 102 Å². The van der Waals surface area contributed by atoms with Crippen molar-refractivity contribution in [2.45, 2.75) is 50.1 Å². The Morgan fingerprint density at radius 1 is 1.18 bits per heavy atom. The van der Waals surface area contributed by atoms with Crippen LogP contribution in [0.3, 0.4) is 0 Å². The highest BCUT2D eigenvalue weighted by Gasteiger charge is 2.44. The number of hydrogen-bond acceptors (Lipinski definition) is 4. The van der Waals surface area contributed by atoms with Crippen molar-refractivity contribution in [3.05, 3.63) is 0 Å². The SMILES string of the molecule is O=C(O)C1(NC2CCCC2)CCS(=O)(=O)CC1. The molecule has 98 valence electrons. The van der Waals surface area contributed by atoms with Crippen molar-refractivity contribution in [3.8, 4) is 0 Å². The van der Waals surface area contributed by atoms with E-state index in [0.29, 0.717) is 0 Å². The molecule has 6 heteroatoms. The van der Waals surface area contributed by atoms with Gasteiger partial charge in [0, 0.05) is 6.04 Å². The van der Waals surface area contributed by atoms with Gasteiger partial charge in [0.1, 0.15) is 15.4 Å². The van der Waals surface area contributed by atoms with Crippen molar-refractivity contribution in [3.63, 3.8) is 0 Å². The van der Waals surface area contributed by atoms with Gasteiger partial charge in [-0.1, -0.05) is 12.8 Å². The van der Waals surface area contributed by atoms with E-state index in [1.165, 1.54) is 0 Å². The van der Waals surface area contributed by atoms with Crippen LogP contribution in [-0.2, 0) is 14.6 Å². The van der Waals surface area contributed by atoms with Gasteiger partial charge in [0.2, 0.25) is 0 Å². The summed E-state index contributed by atoms with van der Waals surface area (Å²) < 4.78 is 22.8. The van der Waals surface area contributed by atoms with Gasteiger partial charge in [-0.15, -0.1) is 0 Å². The van der Waals surface area contributed by atoms with Crippen LogP contribution >= 0.6 is 0 Å². The number of carboxylic acids is 1. The molecule has 1 saturated carbocycles. The maximum absolute atomic E-state index is 11.4. The van der Waals surface area contributed by atoms with Crippen LogP contribution in [0.4, 0.5) is 0 Å². The maximum Gasteiger partial charge on any atom is 0.323 e. The topological polar surface area (TPSA) is 83.5 Å². The summed E-state index contributed by atoms with van der Waals surface area (Å²) in [6.45, 7) is 0. The van der Waals surface area contributed by atoms with E-state index in [-0.39, 0.29) is 30.4 Å². The fourth-order valence-electron chi connectivity index (χ4n) is 2.77. The molecule has 2 N–H and O–H groups in total. The monoisotopic (exact) mass is 261 g/mol. The molecule has 2 fully saturated rings. The Morgan fingerprint density at radius 2 is 1.71 bits per heavy atom. The fourth-order valence-corrected chi connectivity index (χ4v) is 4.29. The maximum atomic E-state index is 11.4. The minimum atomic E-state index is -3.02. The van der Waals surface area contributed by atoms with Gasteiger partial charge in [0.25, 0.3) is 0 Å². The van der Waals surface area contributed by atoms with E-state index >= 15 is 0 Å². The van der Waals surface area contributed by atoms with Crippen molar-refractivity contribution < 1.29 is 18.3 Å². The second-order valence-electron chi connectivity index (χ2n) is 5.16. The number of hydrogen-bond donors (Lipinski definition) is 2. The Morgan fingerprint density at radius 3 is 2.18 bits per heavy atom.